The van der Waals surface area contributed by atoms with Gasteiger partial charge in [0.1, 0.15) is 5.69 Å². The number of carbonyl (C=O) groups excluding carboxylic acids is 1. The van der Waals surface area contributed by atoms with E-state index in [2.05, 4.69) is 9.88 Å². The quantitative estimate of drug-likeness (QED) is 0.761. The van der Waals surface area contributed by atoms with Gasteiger partial charge in [-0.25, -0.2) is 4.98 Å². The third-order valence-corrected chi connectivity index (χ3v) is 3.74. The Bertz CT molecular complexity index is 526. The van der Waals surface area contributed by atoms with Crippen molar-refractivity contribution in [2.75, 3.05) is 18.5 Å². The number of hydrogen-bond acceptors (Lipinski definition) is 4. The summed E-state index contributed by atoms with van der Waals surface area (Å²) in [5, 5.41) is 1.94. The molecule has 5 heteroatoms. The standard InChI is InChI=1S/C11H13N3OS/c1-13(6-8-2-3-8)10-9(7-15)14-4-5-16-11(14)12-10/h4-5,7-8H,2-3,6H2,1H3. The number of fused-ring (bicyclic) bond motifs is 1. The van der Waals surface area contributed by atoms with E-state index in [9.17, 15) is 4.79 Å². The lowest BCUT2D eigenvalue weighted by molar-refractivity contribution is 0.111. The molecule has 4 nitrogen and oxygen atoms in total. The van der Waals surface area contributed by atoms with Crippen LogP contribution in [0.1, 0.15) is 23.3 Å². The second kappa shape index (κ2) is 3.59. The molecule has 0 aromatic carbocycles. The van der Waals surface area contributed by atoms with Crippen molar-refractivity contribution in [3.8, 4) is 0 Å². The zero-order valence-electron chi connectivity index (χ0n) is 9.09. The molecule has 1 saturated carbocycles. The predicted octanol–water partition coefficient (Wildman–Crippen LogP) is 2.05. The number of imidazole rings is 1. The molecule has 0 aliphatic heterocycles. The van der Waals surface area contributed by atoms with Crippen LogP contribution in [0.15, 0.2) is 11.6 Å². The fourth-order valence-corrected chi connectivity index (χ4v) is 2.67. The minimum atomic E-state index is 0.666. The van der Waals surface area contributed by atoms with Crippen LogP contribution in [0.2, 0.25) is 0 Å². The van der Waals surface area contributed by atoms with Crippen molar-refractivity contribution in [2.45, 2.75) is 12.8 Å². The Morgan fingerprint density at radius 3 is 3.19 bits per heavy atom. The van der Waals surface area contributed by atoms with Gasteiger partial charge in [-0.3, -0.25) is 9.20 Å². The molecule has 2 aromatic rings. The van der Waals surface area contributed by atoms with Gasteiger partial charge in [0.05, 0.1) is 0 Å². The Morgan fingerprint density at radius 2 is 2.50 bits per heavy atom. The number of aromatic nitrogens is 2. The molecule has 0 amide bonds. The van der Waals surface area contributed by atoms with Crippen LogP contribution >= 0.6 is 11.3 Å². The number of nitrogens with zero attached hydrogens (tertiary/aromatic N) is 3. The van der Waals surface area contributed by atoms with E-state index in [0.29, 0.717) is 5.69 Å². The largest absolute Gasteiger partial charge is 0.357 e. The van der Waals surface area contributed by atoms with Crippen molar-refractivity contribution in [2.24, 2.45) is 5.92 Å². The molecule has 3 rings (SSSR count). The van der Waals surface area contributed by atoms with Crippen molar-refractivity contribution in [1.82, 2.24) is 9.38 Å². The smallest absolute Gasteiger partial charge is 0.196 e. The summed E-state index contributed by atoms with van der Waals surface area (Å²) < 4.78 is 1.86. The third kappa shape index (κ3) is 1.51. The van der Waals surface area contributed by atoms with Crippen molar-refractivity contribution in [1.29, 1.82) is 0 Å². The first-order valence-corrected chi connectivity index (χ1v) is 6.29. The van der Waals surface area contributed by atoms with E-state index in [1.54, 1.807) is 11.3 Å². The molecule has 84 valence electrons. The lowest BCUT2D eigenvalue weighted by atomic mass is 10.3. The monoisotopic (exact) mass is 235 g/mol. The third-order valence-electron chi connectivity index (χ3n) is 2.98. The molecule has 2 heterocycles. The second-order valence-electron chi connectivity index (χ2n) is 4.32. The minimum absolute atomic E-state index is 0.666. The first kappa shape index (κ1) is 9.84. The first-order valence-electron chi connectivity index (χ1n) is 5.41. The molecule has 1 aliphatic rings. The lowest BCUT2D eigenvalue weighted by Gasteiger charge is -2.16. The number of hydrogen-bond donors (Lipinski definition) is 0. The van der Waals surface area contributed by atoms with Gasteiger partial charge in [0.2, 0.25) is 0 Å². The summed E-state index contributed by atoms with van der Waals surface area (Å²) in [6.45, 7) is 1.01. The normalized spacial score (nSPS) is 15.6. The number of rotatable bonds is 4. The molecular weight excluding hydrogens is 222 g/mol. The molecule has 2 aromatic heterocycles. The minimum Gasteiger partial charge on any atom is -0.357 e. The summed E-state index contributed by atoms with van der Waals surface area (Å²) in [6, 6.07) is 0. The van der Waals surface area contributed by atoms with E-state index < -0.39 is 0 Å². The topological polar surface area (TPSA) is 37.6 Å². The molecule has 0 saturated heterocycles. The molecule has 0 unspecified atom stereocenters. The van der Waals surface area contributed by atoms with Crippen LogP contribution in [-0.4, -0.2) is 29.3 Å². The van der Waals surface area contributed by atoms with Gasteiger partial charge in [0, 0.05) is 25.2 Å². The highest BCUT2D eigenvalue weighted by atomic mass is 32.1. The molecule has 1 fully saturated rings. The number of carbonyl (C=O) groups is 1. The van der Waals surface area contributed by atoms with E-state index in [1.807, 2.05) is 23.0 Å². The average molecular weight is 235 g/mol. The maximum Gasteiger partial charge on any atom is 0.196 e. The van der Waals surface area contributed by atoms with Gasteiger partial charge in [-0.15, -0.1) is 11.3 Å². The molecule has 0 spiro atoms. The summed E-state index contributed by atoms with van der Waals surface area (Å²) in [5.41, 5.74) is 0.666. The Labute approximate surface area is 97.5 Å². The second-order valence-corrected chi connectivity index (χ2v) is 5.19. The first-order chi connectivity index (χ1) is 7.79. The van der Waals surface area contributed by atoms with E-state index in [4.69, 9.17) is 0 Å². The number of thiazole rings is 1. The van der Waals surface area contributed by atoms with Crippen molar-refractivity contribution < 1.29 is 4.79 Å². The fraction of sp³-hybridized carbons (Fsp3) is 0.455. The van der Waals surface area contributed by atoms with Crippen molar-refractivity contribution in [3.63, 3.8) is 0 Å². The van der Waals surface area contributed by atoms with Crippen LogP contribution in [0.25, 0.3) is 4.96 Å². The number of anilines is 1. The van der Waals surface area contributed by atoms with Gasteiger partial charge in [-0.1, -0.05) is 0 Å². The van der Waals surface area contributed by atoms with Gasteiger partial charge in [-0.05, 0) is 18.8 Å². The Morgan fingerprint density at radius 1 is 1.69 bits per heavy atom. The zero-order valence-corrected chi connectivity index (χ0v) is 9.91. The summed E-state index contributed by atoms with van der Waals surface area (Å²) in [5.74, 6) is 1.61. The molecule has 0 radical (unpaired) electrons. The molecule has 1 aliphatic carbocycles. The maximum atomic E-state index is 11.1. The zero-order chi connectivity index (χ0) is 11.1. The van der Waals surface area contributed by atoms with Crippen LogP contribution in [0.5, 0.6) is 0 Å². The highest BCUT2D eigenvalue weighted by Gasteiger charge is 2.25. The molecule has 0 N–H and O–H groups in total. The van der Waals surface area contributed by atoms with Gasteiger partial charge in [0.25, 0.3) is 0 Å². The highest BCUT2D eigenvalue weighted by Crippen LogP contribution is 2.31. The van der Waals surface area contributed by atoms with Crippen LogP contribution in [-0.2, 0) is 0 Å². The van der Waals surface area contributed by atoms with Crippen LogP contribution in [0.4, 0.5) is 5.82 Å². The van der Waals surface area contributed by atoms with Gasteiger partial charge >= 0.3 is 0 Å². The van der Waals surface area contributed by atoms with Gasteiger partial charge in [0.15, 0.2) is 17.1 Å². The molecule has 16 heavy (non-hydrogen) atoms. The Balaban J connectivity index is 1.99. The van der Waals surface area contributed by atoms with E-state index >= 15 is 0 Å². The summed E-state index contributed by atoms with van der Waals surface area (Å²) in [4.78, 5) is 18.6. The molecule has 0 atom stereocenters. The Kier molecular flexibility index (Phi) is 2.21. The lowest BCUT2D eigenvalue weighted by Crippen LogP contribution is -2.21. The van der Waals surface area contributed by atoms with E-state index in [-0.39, 0.29) is 0 Å². The molecular formula is C11H13N3OS. The van der Waals surface area contributed by atoms with Gasteiger partial charge in [-0.2, -0.15) is 0 Å². The summed E-state index contributed by atoms with van der Waals surface area (Å²) >= 11 is 1.56. The average Bonchev–Trinajstić information content (AvgIpc) is 2.85. The van der Waals surface area contributed by atoms with Crippen LogP contribution in [0, 0.1) is 5.92 Å². The highest BCUT2D eigenvalue weighted by molar-refractivity contribution is 7.15. The van der Waals surface area contributed by atoms with Crippen LogP contribution < -0.4 is 4.90 Å². The summed E-state index contributed by atoms with van der Waals surface area (Å²) in [7, 11) is 2.01. The molecule has 0 bridgehead atoms. The predicted molar refractivity (Wildman–Crippen MR) is 64.5 cm³/mol. The van der Waals surface area contributed by atoms with E-state index in [1.165, 1.54) is 12.8 Å². The van der Waals surface area contributed by atoms with Gasteiger partial charge < -0.3 is 4.90 Å². The SMILES string of the molecule is CN(CC1CC1)c1nc2sccn2c1C=O. The Hall–Kier alpha value is -1.36. The van der Waals surface area contributed by atoms with Crippen molar-refractivity contribution in [3.05, 3.63) is 17.3 Å². The maximum absolute atomic E-state index is 11.1. The van der Waals surface area contributed by atoms with Crippen molar-refractivity contribution >= 4 is 28.4 Å². The number of aldehydes is 1. The van der Waals surface area contributed by atoms with E-state index in [0.717, 1.165) is 29.5 Å². The van der Waals surface area contributed by atoms with Crippen LogP contribution in [0.3, 0.4) is 0 Å². The summed E-state index contributed by atoms with van der Waals surface area (Å²) in [6.07, 6.45) is 5.41. The fourth-order valence-electron chi connectivity index (χ4n) is 1.96.